The highest BCUT2D eigenvalue weighted by molar-refractivity contribution is 7.13. The van der Waals surface area contributed by atoms with Gasteiger partial charge in [-0.1, -0.05) is 0 Å². The molecule has 2 heterocycles. The molecule has 9 heteroatoms. The summed E-state index contributed by atoms with van der Waals surface area (Å²) in [6.45, 7) is 2.06. The van der Waals surface area contributed by atoms with E-state index in [4.69, 9.17) is 9.94 Å². The number of carbonyl (C=O) groups is 2. The fourth-order valence-electron chi connectivity index (χ4n) is 2.65. The smallest absolute Gasteiger partial charge is 0.431 e. The van der Waals surface area contributed by atoms with Crippen LogP contribution in [0.15, 0.2) is 29.8 Å². The molecule has 0 aliphatic carbocycles. The van der Waals surface area contributed by atoms with Crippen LogP contribution >= 0.6 is 11.3 Å². The Bertz CT molecular complexity index is 784. The minimum atomic E-state index is -1.21. The van der Waals surface area contributed by atoms with E-state index in [-0.39, 0.29) is 31.1 Å². The lowest BCUT2D eigenvalue weighted by molar-refractivity contribution is -0.153. The average Bonchev–Trinajstić information content (AvgIpc) is 3.03. The third-order valence-electron chi connectivity index (χ3n) is 3.73. The highest BCUT2D eigenvalue weighted by atomic mass is 32.1. The summed E-state index contributed by atoms with van der Waals surface area (Å²) in [6.07, 6.45) is -0.0979. The van der Waals surface area contributed by atoms with Gasteiger partial charge < -0.3 is 10.0 Å². The highest BCUT2D eigenvalue weighted by Gasteiger charge is 2.28. The number of benzene rings is 1. The molecule has 1 aromatic carbocycles. The van der Waals surface area contributed by atoms with Crippen LogP contribution in [0, 0.1) is 5.82 Å². The molecule has 1 atom stereocenters. The summed E-state index contributed by atoms with van der Waals surface area (Å²) >= 11 is 1.35. The quantitative estimate of drug-likeness (QED) is 0.885. The molecule has 2 amide bonds. The summed E-state index contributed by atoms with van der Waals surface area (Å²) in [6, 6.07) is 4.00. The van der Waals surface area contributed by atoms with Crippen molar-refractivity contribution in [3.63, 3.8) is 0 Å². The zero-order chi connectivity index (χ0) is 18.0. The van der Waals surface area contributed by atoms with Crippen LogP contribution in [0.25, 0.3) is 10.6 Å². The minimum Gasteiger partial charge on any atom is -0.463 e. The van der Waals surface area contributed by atoms with Gasteiger partial charge in [-0.2, -0.15) is 5.06 Å². The molecule has 132 valence electrons. The Hall–Kier alpha value is -2.52. The van der Waals surface area contributed by atoms with Crippen molar-refractivity contribution in [2.75, 3.05) is 19.6 Å². The molecule has 0 bridgehead atoms. The fourth-order valence-corrected chi connectivity index (χ4v) is 3.33. The van der Waals surface area contributed by atoms with Crippen LogP contribution in [0.4, 0.5) is 9.18 Å². The van der Waals surface area contributed by atoms with Crippen molar-refractivity contribution < 1.29 is 23.9 Å². The Balaban J connectivity index is 1.90. The van der Waals surface area contributed by atoms with Gasteiger partial charge in [-0.25, -0.2) is 14.2 Å². The number of amides is 2. The van der Waals surface area contributed by atoms with Gasteiger partial charge in [0, 0.05) is 30.2 Å². The second-order valence-electron chi connectivity index (χ2n) is 5.58. The van der Waals surface area contributed by atoms with Crippen molar-refractivity contribution in [3.8, 4) is 10.6 Å². The van der Waals surface area contributed by atoms with Crippen LogP contribution in [0.1, 0.15) is 17.3 Å². The molecule has 1 saturated heterocycles. The molecule has 2 aromatic rings. The Morgan fingerprint density at radius 2 is 2.20 bits per heavy atom. The number of thiazole rings is 1. The van der Waals surface area contributed by atoms with E-state index in [9.17, 15) is 14.0 Å². The summed E-state index contributed by atoms with van der Waals surface area (Å²) in [5.74, 6) is -0.901. The molecular formula is C16H16FN3O4S. The molecule has 1 aliphatic rings. The van der Waals surface area contributed by atoms with Gasteiger partial charge in [-0.05, 0) is 25.1 Å². The van der Waals surface area contributed by atoms with E-state index in [1.165, 1.54) is 34.4 Å². The van der Waals surface area contributed by atoms with Crippen LogP contribution in [-0.2, 0) is 4.84 Å². The summed E-state index contributed by atoms with van der Waals surface area (Å²) in [5.41, 5.74) is 0.750. The first-order valence-corrected chi connectivity index (χ1v) is 8.49. The van der Waals surface area contributed by atoms with E-state index in [1.54, 1.807) is 18.5 Å². The number of hydroxylamine groups is 2. The molecule has 3 rings (SSSR count). The first-order valence-electron chi connectivity index (χ1n) is 7.61. The van der Waals surface area contributed by atoms with Gasteiger partial charge in [0.25, 0.3) is 5.91 Å². The zero-order valence-electron chi connectivity index (χ0n) is 13.4. The van der Waals surface area contributed by atoms with Crippen LogP contribution in [0.3, 0.4) is 0 Å². The van der Waals surface area contributed by atoms with E-state index in [0.717, 1.165) is 5.06 Å². The largest absolute Gasteiger partial charge is 0.463 e. The summed E-state index contributed by atoms with van der Waals surface area (Å²) in [4.78, 5) is 35.0. The fraction of sp³-hybridized carbons (Fsp3) is 0.312. The molecule has 0 saturated carbocycles. The van der Waals surface area contributed by atoms with Crippen molar-refractivity contribution >= 4 is 23.3 Å². The number of hydrogen-bond donors (Lipinski definition) is 1. The second kappa shape index (κ2) is 7.16. The van der Waals surface area contributed by atoms with Gasteiger partial charge in [0.15, 0.2) is 0 Å². The van der Waals surface area contributed by atoms with E-state index < -0.39 is 18.0 Å². The van der Waals surface area contributed by atoms with Crippen LogP contribution < -0.4 is 0 Å². The zero-order valence-corrected chi connectivity index (χ0v) is 14.2. The van der Waals surface area contributed by atoms with E-state index >= 15 is 0 Å². The lowest BCUT2D eigenvalue weighted by atomic mass is 10.1. The maximum Gasteiger partial charge on any atom is 0.431 e. The molecule has 1 fully saturated rings. The number of aromatic nitrogens is 1. The van der Waals surface area contributed by atoms with Crippen molar-refractivity contribution in [1.29, 1.82) is 0 Å². The van der Waals surface area contributed by atoms with Gasteiger partial charge in [-0.15, -0.1) is 11.3 Å². The first kappa shape index (κ1) is 17.3. The SMILES string of the molecule is C[C@H]1CN(C(=O)c2cc(F)ccc2-c2nccs2)CCN(C(=O)O)O1. The van der Waals surface area contributed by atoms with Crippen molar-refractivity contribution in [2.45, 2.75) is 13.0 Å². The number of hydrogen-bond acceptors (Lipinski definition) is 5. The third kappa shape index (κ3) is 3.77. The maximum atomic E-state index is 13.7. The number of carboxylic acid groups (broad SMARTS) is 1. The number of nitrogens with zero attached hydrogens (tertiary/aromatic N) is 3. The molecule has 1 aromatic heterocycles. The predicted octanol–water partition coefficient (Wildman–Crippen LogP) is 2.71. The van der Waals surface area contributed by atoms with E-state index in [1.807, 2.05) is 0 Å². The normalized spacial score (nSPS) is 18.1. The molecule has 0 unspecified atom stereocenters. The van der Waals surface area contributed by atoms with Gasteiger partial charge in [-0.3, -0.25) is 9.63 Å². The highest BCUT2D eigenvalue weighted by Crippen LogP contribution is 2.28. The summed E-state index contributed by atoms with van der Waals surface area (Å²) in [5, 5.41) is 12.3. The van der Waals surface area contributed by atoms with Gasteiger partial charge in [0.1, 0.15) is 16.9 Å². The van der Waals surface area contributed by atoms with Gasteiger partial charge in [0.2, 0.25) is 0 Å². The van der Waals surface area contributed by atoms with Gasteiger partial charge >= 0.3 is 6.09 Å². The van der Waals surface area contributed by atoms with Crippen molar-refractivity contribution in [3.05, 3.63) is 41.2 Å². The number of rotatable bonds is 2. The average molecular weight is 365 g/mol. The lowest BCUT2D eigenvalue weighted by Gasteiger charge is -2.22. The molecule has 0 radical (unpaired) electrons. The molecule has 1 N–H and O–H groups in total. The predicted molar refractivity (Wildman–Crippen MR) is 88.7 cm³/mol. The standard InChI is InChI=1S/C16H16FN3O4S/c1-10-9-19(5-6-20(24-10)16(22)23)15(21)13-8-11(17)2-3-12(13)14-18-4-7-25-14/h2-4,7-8,10H,5-6,9H2,1H3,(H,22,23)/t10-/m0/s1. The van der Waals surface area contributed by atoms with Crippen LogP contribution in [0.5, 0.6) is 0 Å². The van der Waals surface area contributed by atoms with Crippen molar-refractivity contribution in [1.82, 2.24) is 14.9 Å². The minimum absolute atomic E-state index is 0.0211. The number of halogens is 1. The third-order valence-corrected chi connectivity index (χ3v) is 4.54. The Morgan fingerprint density at radius 3 is 2.88 bits per heavy atom. The lowest BCUT2D eigenvalue weighted by Crippen LogP contribution is -2.37. The van der Waals surface area contributed by atoms with E-state index in [0.29, 0.717) is 10.6 Å². The molecule has 0 spiro atoms. The van der Waals surface area contributed by atoms with Gasteiger partial charge in [0.05, 0.1) is 12.1 Å². The first-order chi connectivity index (χ1) is 12.0. The van der Waals surface area contributed by atoms with Crippen LogP contribution in [0.2, 0.25) is 0 Å². The Kier molecular flexibility index (Phi) is 4.95. The molecule has 7 nitrogen and oxygen atoms in total. The summed E-state index contributed by atoms with van der Waals surface area (Å²) < 4.78 is 13.7. The maximum absolute atomic E-state index is 13.7. The molecule has 1 aliphatic heterocycles. The summed E-state index contributed by atoms with van der Waals surface area (Å²) in [7, 11) is 0. The Morgan fingerprint density at radius 1 is 1.40 bits per heavy atom. The topological polar surface area (TPSA) is 83.0 Å². The Labute approximate surface area is 147 Å². The molecule has 25 heavy (non-hydrogen) atoms. The van der Waals surface area contributed by atoms with Crippen molar-refractivity contribution in [2.24, 2.45) is 0 Å². The molecular weight excluding hydrogens is 349 g/mol. The number of carbonyl (C=O) groups excluding carboxylic acids is 1. The van der Waals surface area contributed by atoms with Crippen LogP contribution in [-0.4, -0.2) is 57.8 Å². The monoisotopic (exact) mass is 365 g/mol. The second-order valence-corrected chi connectivity index (χ2v) is 6.47. The van der Waals surface area contributed by atoms with E-state index in [2.05, 4.69) is 4.98 Å².